The third-order valence-corrected chi connectivity index (χ3v) is 3.54. The molecule has 0 bridgehead atoms. The average molecular weight is 289 g/mol. The SMILES string of the molecule is COc1cccc([C@@H](C)NC(C)c2ccc(O)cc2F)c1. The van der Waals surface area contributed by atoms with Crippen molar-refractivity contribution in [2.75, 3.05) is 7.11 Å². The molecule has 0 aromatic heterocycles. The Morgan fingerprint density at radius 2 is 1.86 bits per heavy atom. The molecule has 2 atom stereocenters. The summed E-state index contributed by atoms with van der Waals surface area (Å²) in [6.45, 7) is 3.91. The van der Waals surface area contributed by atoms with Gasteiger partial charge in [-0.05, 0) is 37.6 Å². The molecule has 0 heterocycles. The highest BCUT2D eigenvalue weighted by Gasteiger charge is 2.15. The number of methoxy groups -OCH3 is 1. The van der Waals surface area contributed by atoms with Gasteiger partial charge in [0, 0.05) is 23.7 Å². The number of phenols is 1. The van der Waals surface area contributed by atoms with Crippen molar-refractivity contribution in [1.82, 2.24) is 5.32 Å². The quantitative estimate of drug-likeness (QED) is 0.875. The van der Waals surface area contributed by atoms with Crippen molar-refractivity contribution in [3.05, 3.63) is 59.4 Å². The van der Waals surface area contributed by atoms with Gasteiger partial charge in [-0.25, -0.2) is 4.39 Å². The van der Waals surface area contributed by atoms with Gasteiger partial charge in [0.15, 0.2) is 0 Å². The first-order valence-electron chi connectivity index (χ1n) is 6.89. The van der Waals surface area contributed by atoms with E-state index in [-0.39, 0.29) is 17.8 Å². The summed E-state index contributed by atoms with van der Waals surface area (Å²) in [5.41, 5.74) is 1.60. The lowest BCUT2D eigenvalue weighted by Gasteiger charge is -2.21. The van der Waals surface area contributed by atoms with E-state index in [2.05, 4.69) is 5.32 Å². The molecule has 2 rings (SSSR count). The van der Waals surface area contributed by atoms with E-state index in [1.807, 2.05) is 38.1 Å². The highest BCUT2D eigenvalue weighted by Crippen LogP contribution is 2.25. The number of phenolic OH excluding ortho intramolecular Hbond substituents is 1. The van der Waals surface area contributed by atoms with E-state index in [9.17, 15) is 9.50 Å². The molecule has 112 valence electrons. The third-order valence-electron chi connectivity index (χ3n) is 3.54. The van der Waals surface area contributed by atoms with Gasteiger partial charge in [-0.2, -0.15) is 0 Å². The molecule has 0 aliphatic heterocycles. The second-order valence-electron chi connectivity index (χ2n) is 5.09. The van der Waals surface area contributed by atoms with Crippen LogP contribution in [0.25, 0.3) is 0 Å². The van der Waals surface area contributed by atoms with Gasteiger partial charge in [0.05, 0.1) is 7.11 Å². The summed E-state index contributed by atoms with van der Waals surface area (Å²) in [6.07, 6.45) is 0. The summed E-state index contributed by atoms with van der Waals surface area (Å²) in [7, 11) is 1.63. The van der Waals surface area contributed by atoms with Crippen molar-refractivity contribution >= 4 is 0 Å². The second-order valence-corrected chi connectivity index (χ2v) is 5.09. The van der Waals surface area contributed by atoms with Crippen LogP contribution in [0.3, 0.4) is 0 Å². The maximum atomic E-state index is 13.9. The van der Waals surface area contributed by atoms with E-state index < -0.39 is 5.82 Å². The summed E-state index contributed by atoms with van der Waals surface area (Å²) in [5, 5.41) is 12.6. The number of rotatable bonds is 5. The van der Waals surface area contributed by atoms with Crippen LogP contribution in [0.1, 0.15) is 37.1 Å². The number of benzene rings is 2. The molecule has 1 unspecified atom stereocenters. The number of ether oxygens (including phenoxy) is 1. The zero-order chi connectivity index (χ0) is 15.4. The molecule has 0 amide bonds. The van der Waals surface area contributed by atoms with E-state index >= 15 is 0 Å². The number of nitrogens with one attached hydrogen (secondary N) is 1. The van der Waals surface area contributed by atoms with Crippen molar-refractivity contribution in [1.29, 1.82) is 0 Å². The molecule has 0 aliphatic rings. The van der Waals surface area contributed by atoms with Crippen LogP contribution in [0.2, 0.25) is 0 Å². The van der Waals surface area contributed by atoms with Crippen molar-refractivity contribution in [3.63, 3.8) is 0 Å². The number of aromatic hydroxyl groups is 1. The molecule has 0 saturated carbocycles. The zero-order valence-electron chi connectivity index (χ0n) is 12.4. The summed E-state index contributed by atoms with van der Waals surface area (Å²) in [5.74, 6) is 0.321. The van der Waals surface area contributed by atoms with Gasteiger partial charge in [-0.3, -0.25) is 0 Å². The minimum absolute atomic E-state index is 0.0447. The molecule has 2 N–H and O–H groups in total. The number of halogens is 1. The maximum absolute atomic E-state index is 13.9. The Morgan fingerprint density at radius 1 is 1.10 bits per heavy atom. The van der Waals surface area contributed by atoms with Gasteiger partial charge in [0.1, 0.15) is 17.3 Å². The van der Waals surface area contributed by atoms with Crippen LogP contribution in [0.5, 0.6) is 11.5 Å². The highest BCUT2D eigenvalue weighted by molar-refractivity contribution is 5.32. The third kappa shape index (κ3) is 3.73. The van der Waals surface area contributed by atoms with Crippen LogP contribution in [-0.2, 0) is 0 Å². The minimum Gasteiger partial charge on any atom is -0.508 e. The fourth-order valence-corrected chi connectivity index (χ4v) is 2.34. The Hall–Kier alpha value is -2.07. The smallest absolute Gasteiger partial charge is 0.131 e. The summed E-state index contributed by atoms with van der Waals surface area (Å²) >= 11 is 0. The lowest BCUT2D eigenvalue weighted by Crippen LogP contribution is -2.23. The first-order valence-corrected chi connectivity index (χ1v) is 6.89. The van der Waals surface area contributed by atoms with E-state index in [0.717, 1.165) is 17.4 Å². The van der Waals surface area contributed by atoms with Crippen LogP contribution in [0.4, 0.5) is 4.39 Å². The highest BCUT2D eigenvalue weighted by atomic mass is 19.1. The predicted octanol–water partition coefficient (Wildman–Crippen LogP) is 3.95. The van der Waals surface area contributed by atoms with Gasteiger partial charge in [-0.15, -0.1) is 0 Å². The predicted molar refractivity (Wildman–Crippen MR) is 81.0 cm³/mol. The molecule has 2 aromatic carbocycles. The second kappa shape index (κ2) is 6.59. The van der Waals surface area contributed by atoms with Gasteiger partial charge >= 0.3 is 0 Å². The van der Waals surface area contributed by atoms with Crippen LogP contribution in [0, 0.1) is 5.82 Å². The zero-order valence-corrected chi connectivity index (χ0v) is 12.4. The van der Waals surface area contributed by atoms with Crippen LogP contribution in [-0.4, -0.2) is 12.2 Å². The molecule has 0 fully saturated rings. The van der Waals surface area contributed by atoms with Crippen molar-refractivity contribution in [2.45, 2.75) is 25.9 Å². The molecule has 21 heavy (non-hydrogen) atoms. The maximum Gasteiger partial charge on any atom is 0.131 e. The molecule has 4 heteroatoms. The Bertz CT molecular complexity index is 615. The first kappa shape index (κ1) is 15.3. The Kier molecular flexibility index (Phi) is 4.81. The monoisotopic (exact) mass is 289 g/mol. The van der Waals surface area contributed by atoms with Crippen LogP contribution < -0.4 is 10.1 Å². The fourth-order valence-electron chi connectivity index (χ4n) is 2.34. The number of hydrogen-bond acceptors (Lipinski definition) is 3. The lowest BCUT2D eigenvalue weighted by molar-refractivity contribution is 0.412. The van der Waals surface area contributed by atoms with Crippen LogP contribution in [0.15, 0.2) is 42.5 Å². The Balaban J connectivity index is 2.12. The molecule has 0 radical (unpaired) electrons. The number of hydrogen-bond donors (Lipinski definition) is 2. The molecular formula is C17H20FNO2. The standard InChI is InChI=1S/C17H20FNO2/c1-11(13-5-4-6-15(9-13)21-3)19-12(2)16-8-7-14(20)10-17(16)18/h4-12,19-20H,1-3H3/t11-,12?/m1/s1. The van der Waals surface area contributed by atoms with Crippen molar-refractivity contribution < 1.29 is 14.2 Å². The summed E-state index contributed by atoms with van der Waals surface area (Å²) in [4.78, 5) is 0. The Labute approximate surface area is 124 Å². The van der Waals surface area contributed by atoms with E-state index in [1.54, 1.807) is 13.2 Å². The molecule has 2 aromatic rings. The van der Waals surface area contributed by atoms with Gasteiger partial charge in [0.2, 0.25) is 0 Å². The van der Waals surface area contributed by atoms with E-state index in [1.165, 1.54) is 6.07 Å². The molecule has 0 aliphatic carbocycles. The van der Waals surface area contributed by atoms with E-state index in [0.29, 0.717) is 5.56 Å². The summed E-state index contributed by atoms with van der Waals surface area (Å²) in [6, 6.07) is 11.9. The van der Waals surface area contributed by atoms with Gasteiger partial charge in [0.25, 0.3) is 0 Å². The van der Waals surface area contributed by atoms with Gasteiger partial charge in [-0.1, -0.05) is 18.2 Å². The van der Waals surface area contributed by atoms with Crippen molar-refractivity contribution in [2.24, 2.45) is 0 Å². The summed E-state index contributed by atoms with van der Waals surface area (Å²) < 4.78 is 19.1. The lowest BCUT2D eigenvalue weighted by atomic mass is 10.0. The largest absolute Gasteiger partial charge is 0.508 e. The fraction of sp³-hybridized carbons (Fsp3) is 0.294. The average Bonchev–Trinajstić information content (AvgIpc) is 2.47. The normalized spacial score (nSPS) is 13.7. The van der Waals surface area contributed by atoms with Gasteiger partial charge < -0.3 is 15.2 Å². The van der Waals surface area contributed by atoms with E-state index in [4.69, 9.17) is 4.74 Å². The minimum atomic E-state index is -0.409. The van der Waals surface area contributed by atoms with Crippen molar-refractivity contribution in [3.8, 4) is 11.5 Å². The topological polar surface area (TPSA) is 41.5 Å². The molecule has 0 saturated heterocycles. The molecule has 0 spiro atoms. The molecule has 3 nitrogen and oxygen atoms in total. The van der Waals surface area contributed by atoms with Crippen LogP contribution >= 0.6 is 0 Å². The molecular weight excluding hydrogens is 269 g/mol. The Morgan fingerprint density at radius 3 is 2.52 bits per heavy atom. The first-order chi connectivity index (χ1) is 10.0.